The van der Waals surface area contributed by atoms with Gasteiger partial charge in [-0.15, -0.1) is 0 Å². The van der Waals surface area contributed by atoms with Gasteiger partial charge in [0.15, 0.2) is 11.6 Å². The van der Waals surface area contributed by atoms with Crippen molar-refractivity contribution < 1.29 is 4.39 Å². The average molecular weight is 377 g/mol. The molecule has 2 rings (SSSR count). The molecule has 0 saturated heterocycles. The number of nitrogens with zero attached hydrogens (tertiary/aromatic N) is 2. The van der Waals surface area contributed by atoms with Crippen LogP contribution in [0.2, 0.25) is 0 Å². The van der Waals surface area contributed by atoms with Gasteiger partial charge in [0.1, 0.15) is 16.6 Å². The monoisotopic (exact) mass is 375 g/mol. The summed E-state index contributed by atoms with van der Waals surface area (Å²) < 4.78 is 14.8. The van der Waals surface area contributed by atoms with Crippen LogP contribution in [0.1, 0.15) is 0 Å². The van der Waals surface area contributed by atoms with E-state index in [1.165, 1.54) is 12.4 Å². The fourth-order valence-electron chi connectivity index (χ4n) is 1.29. The van der Waals surface area contributed by atoms with E-state index in [9.17, 15) is 4.39 Å². The normalized spacial score (nSPS) is 10.2. The number of hydrogen-bond acceptors (Lipinski definition) is 5. The molecule has 0 unspecified atom stereocenters. The van der Waals surface area contributed by atoms with Crippen molar-refractivity contribution in [2.24, 2.45) is 5.84 Å². The molecule has 18 heavy (non-hydrogen) atoms. The van der Waals surface area contributed by atoms with Gasteiger partial charge in [0.05, 0.1) is 5.69 Å². The van der Waals surface area contributed by atoms with Gasteiger partial charge >= 0.3 is 0 Å². The predicted octanol–water partition coefficient (Wildman–Crippen LogP) is 3.17. The number of para-hydroxylation sites is 1. The number of rotatable bonds is 3. The molecule has 0 atom stereocenters. The fraction of sp³-hybridized carbons (Fsp3) is 0. The van der Waals surface area contributed by atoms with Crippen LogP contribution in [0.5, 0.6) is 0 Å². The van der Waals surface area contributed by atoms with Gasteiger partial charge in [-0.05, 0) is 44.0 Å². The van der Waals surface area contributed by atoms with Crippen molar-refractivity contribution in [3.8, 4) is 0 Å². The minimum Gasteiger partial charge on any atom is -0.336 e. The Labute approximate surface area is 119 Å². The van der Waals surface area contributed by atoms with Crippen LogP contribution in [-0.4, -0.2) is 9.97 Å². The van der Waals surface area contributed by atoms with Gasteiger partial charge in [0, 0.05) is 4.47 Å². The molecule has 1 aromatic carbocycles. The highest BCUT2D eigenvalue weighted by Gasteiger charge is 2.12. The van der Waals surface area contributed by atoms with Gasteiger partial charge < -0.3 is 10.7 Å². The van der Waals surface area contributed by atoms with Crippen molar-refractivity contribution in [1.29, 1.82) is 0 Å². The zero-order valence-electron chi connectivity index (χ0n) is 8.92. The van der Waals surface area contributed by atoms with E-state index in [2.05, 4.69) is 52.6 Å². The van der Waals surface area contributed by atoms with E-state index in [1.807, 2.05) is 0 Å². The highest BCUT2D eigenvalue weighted by Crippen LogP contribution is 2.32. The van der Waals surface area contributed by atoms with Crippen LogP contribution in [0.3, 0.4) is 0 Å². The SMILES string of the molecule is NNc1ncnc(Nc2c(F)cccc2Br)c1Br. The summed E-state index contributed by atoms with van der Waals surface area (Å²) in [6.45, 7) is 0. The molecule has 8 heteroatoms. The zero-order valence-corrected chi connectivity index (χ0v) is 12.1. The number of anilines is 3. The lowest BCUT2D eigenvalue weighted by molar-refractivity contribution is 0.631. The number of nitrogen functional groups attached to an aromatic ring is 1. The maximum absolute atomic E-state index is 13.7. The van der Waals surface area contributed by atoms with Gasteiger partial charge in [0.2, 0.25) is 0 Å². The molecule has 0 aliphatic heterocycles. The molecule has 0 bridgehead atoms. The molecular weight excluding hydrogens is 369 g/mol. The molecule has 0 amide bonds. The Bertz CT molecular complexity index is 558. The Morgan fingerprint density at radius 2 is 1.89 bits per heavy atom. The topological polar surface area (TPSA) is 75.9 Å². The molecule has 4 N–H and O–H groups in total. The number of hydrazine groups is 1. The molecule has 5 nitrogen and oxygen atoms in total. The average Bonchev–Trinajstić information content (AvgIpc) is 2.36. The lowest BCUT2D eigenvalue weighted by Gasteiger charge is -2.11. The van der Waals surface area contributed by atoms with Crippen LogP contribution >= 0.6 is 31.9 Å². The molecule has 0 saturated carbocycles. The van der Waals surface area contributed by atoms with Crippen molar-refractivity contribution in [3.63, 3.8) is 0 Å². The van der Waals surface area contributed by atoms with Crippen LogP contribution in [0.25, 0.3) is 0 Å². The molecule has 0 spiro atoms. The molecule has 1 heterocycles. The van der Waals surface area contributed by atoms with E-state index in [4.69, 9.17) is 5.84 Å². The smallest absolute Gasteiger partial charge is 0.159 e. The fourth-order valence-corrected chi connectivity index (χ4v) is 2.15. The lowest BCUT2D eigenvalue weighted by atomic mass is 10.3. The van der Waals surface area contributed by atoms with Crippen molar-refractivity contribution in [1.82, 2.24) is 9.97 Å². The highest BCUT2D eigenvalue weighted by atomic mass is 79.9. The van der Waals surface area contributed by atoms with Crippen molar-refractivity contribution in [3.05, 3.63) is 39.3 Å². The van der Waals surface area contributed by atoms with Gasteiger partial charge in [0.25, 0.3) is 0 Å². The van der Waals surface area contributed by atoms with E-state index in [-0.39, 0.29) is 0 Å². The second-order valence-electron chi connectivity index (χ2n) is 3.25. The van der Waals surface area contributed by atoms with Gasteiger partial charge in [-0.2, -0.15) is 0 Å². The molecule has 0 aliphatic rings. The summed E-state index contributed by atoms with van der Waals surface area (Å²) in [4.78, 5) is 7.92. The first kappa shape index (κ1) is 13.2. The van der Waals surface area contributed by atoms with E-state index in [1.54, 1.807) is 12.1 Å². The molecule has 1 aromatic heterocycles. The Hall–Kier alpha value is -1.25. The summed E-state index contributed by atoms with van der Waals surface area (Å²) in [6, 6.07) is 4.68. The minimum atomic E-state index is -0.392. The largest absolute Gasteiger partial charge is 0.336 e. The lowest BCUT2D eigenvalue weighted by Crippen LogP contribution is -2.10. The predicted molar refractivity (Wildman–Crippen MR) is 74.9 cm³/mol. The zero-order chi connectivity index (χ0) is 13.1. The number of aromatic nitrogens is 2. The number of nitrogens with one attached hydrogen (secondary N) is 2. The van der Waals surface area contributed by atoms with Crippen molar-refractivity contribution in [2.45, 2.75) is 0 Å². The standard InChI is InChI=1S/C10H8Br2FN5/c11-5-2-1-3-6(13)8(5)17-9-7(12)10(18-14)16-4-15-9/h1-4H,14H2,(H2,15,16,17,18). The van der Waals surface area contributed by atoms with E-state index >= 15 is 0 Å². The first-order valence-electron chi connectivity index (χ1n) is 4.81. The quantitative estimate of drug-likeness (QED) is 0.566. The number of hydrogen-bond donors (Lipinski definition) is 3. The van der Waals surface area contributed by atoms with Gasteiger partial charge in [-0.1, -0.05) is 6.07 Å². The summed E-state index contributed by atoms with van der Waals surface area (Å²) in [5.41, 5.74) is 2.70. The van der Waals surface area contributed by atoms with Gasteiger partial charge in [-0.3, -0.25) is 0 Å². The van der Waals surface area contributed by atoms with Gasteiger partial charge in [-0.25, -0.2) is 20.2 Å². The van der Waals surface area contributed by atoms with Crippen LogP contribution in [0.4, 0.5) is 21.7 Å². The molecule has 0 fully saturated rings. The third kappa shape index (κ3) is 2.60. The number of nitrogens with two attached hydrogens (primary N) is 1. The second kappa shape index (κ2) is 5.59. The minimum absolute atomic E-state index is 0.292. The number of benzene rings is 1. The summed E-state index contributed by atoms with van der Waals surface area (Å²) in [5.74, 6) is 5.71. The van der Waals surface area contributed by atoms with E-state index in [0.29, 0.717) is 26.3 Å². The first-order valence-corrected chi connectivity index (χ1v) is 6.40. The van der Waals surface area contributed by atoms with Crippen LogP contribution < -0.4 is 16.6 Å². The summed E-state index contributed by atoms with van der Waals surface area (Å²) >= 11 is 6.54. The molecule has 0 aliphatic carbocycles. The van der Waals surface area contributed by atoms with E-state index in [0.717, 1.165) is 0 Å². The Morgan fingerprint density at radius 3 is 2.56 bits per heavy atom. The Balaban J connectivity index is 2.40. The number of halogens is 3. The highest BCUT2D eigenvalue weighted by molar-refractivity contribution is 9.11. The summed E-state index contributed by atoms with van der Waals surface area (Å²) in [5, 5.41) is 2.87. The third-order valence-electron chi connectivity index (χ3n) is 2.13. The maximum atomic E-state index is 13.7. The third-order valence-corrected chi connectivity index (χ3v) is 3.54. The molecule has 0 radical (unpaired) electrons. The van der Waals surface area contributed by atoms with Crippen molar-refractivity contribution in [2.75, 3.05) is 10.7 Å². The first-order chi connectivity index (χ1) is 8.63. The maximum Gasteiger partial charge on any atom is 0.159 e. The van der Waals surface area contributed by atoms with E-state index < -0.39 is 5.82 Å². The van der Waals surface area contributed by atoms with Crippen LogP contribution in [-0.2, 0) is 0 Å². The Kier molecular flexibility index (Phi) is 4.10. The molecule has 2 aromatic rings. The Morgan fingerprint density at radius 1 is 1.17 bits per heavy atom. The summed E-state index contributed by atoms with van der Waals surface area (Å²) in [6.07, 6.45) is 1.32. The van der Waals surface area contributed by atoms with Crippen LogP contribution in [0.15, 0.2) is 33.5 Å². The molecule has 94 valence electrons. The van der Waals surface area contributed by atoms with Crippen molar-refractivity contribution >= 4 is 49.2 Å². The summed E-state index contributed by atoms with van der Waals surface area (Å²) in [7, 11) is 0. The van der Waals surface area contributed by atoms with Crippen LogP contribution in [0, 0.1) is 5.82 Å². The molecular formula is C10H8Br2FN5. The second-order valence-corrected chi connectivity index (χ2v) is 4.90.